The maximum atomic E-state index is 12.4. The Hall–Kier alpha value is -2.99. The first-order valence-corrected chi connectivity index (χ1v) is 9.31. The molecule has 2 heterocycles. The molecule has 26 heavy (non-hydrogen) atoms. The van der Waals surface area contributed by atoms with Crippen molar-refractivity contribution in [2.75, 3.05) is 5.32 Å². The van der Waals surface area contributed by atoms with Crippen molar-refractivity contribution in [1.29, 1.82) is 0 Å². The lowest BCUT2D eigenvalue weighted by atomic mass is 9.97. The third kappa shape index (κ3) is 3.50. The predicted octanol–water partition coefficient (Wildman–Crippen LogP) is 4.82. The number of nitrogens with one attached hydrogen (secondary N) is 2. The lowest BCUT2D eigenvalue weighted by molar-refractivity contribution is -0.116. The molecule has 4 rings (SSSR count). The summed E-state index contributed by atoms with van der Waals surface area (Å²) in [5, 5.41) is 5.75. The molecular formula is C20H18N4OS. The fraction of sp³-hybridized carbons (Fsp3) is 0.150. The van der Waals surface area contributed by atoms with E-state index in [1.807, 2.05) is 41.8 Å². The number of H-pyrrole nitrogens is 1. The monoisotopic (exact) mass is 362 g/mol. The summed E-state index contributed by atoms with van der Waals surface area (Å²) in [6.45, 7) is 2.06. The minimum atomic E-state index is 0.000338. The summed E-state index contributed by atoms with van der Waals surface area (Å²) < 4.78 is 0. The molecule has 2 aromatic heterocycles. The fourth-order valence-corrected chi connectivity index (χ4v) is 3.50. The number of aromatic amines is 1. The number of carbonyl (C=O) groups is 1. The van der Waals surface area contributed by atoms with Gasteiger partial charge in [0.1, 0.15) is 0 Å². The number of fused-ring (bicyclic) bond motifs is 1. The zero-order valence-electron chi connectivity index (χ0n) is 14.3. The Balaban J connectivity index is 1.47. The summed E-state index contributed by atoms with van der Waals surface area (Å²) in [6, 6.07) is 15.8. The van der Waals surface area contributed by atoms with Crippen molar-refractivity contribution in [3.05, 3.63) is 65.7 Å². The van der Waals surface area contributed by atoms with Gasteiger partial charge in [-0.15, -0.1) is 11.3 Å². The molecule has 0 radical (unpaired) electrons. The Labute approximate surface area is 155 Å². The van der Waals surface area contributed by atoms with Gasteiger partial charge in [0.15, 0.2) is 10.8 Å². The van der Waals surface area contributed by atoms with Gasteiger partial charge >= 0.3 is 0 Å². The Morgan fingerprint density at radius 3 is 2.85 bits per heavy atom. The molecule has 0 aliphatic heterocycles. The Morgan fingerprint density at radius 2 is 2.08 bits per heavy atom. The normalized spacial score (nSPS) is 12.2. The van der Waals surface area contributed by atoms with Gasteiger partial charge in [0.25, 0.3) is 0 Å². The van der Waals surface area contributed by atoms with Gasteiger partial charge in [-0.25, -0.2) is 9.97 Å². The van der Waals surface area contributed by atoms with E-state index in [2.05, 4.69) is 39.3 Å². The van der Waals surface area contributed by atoms with Crippen molar-refractivity contribution < 1.29 is 4.79 Å². The van der Waals surface area contributed by atoms with E-state index in [-0.39, 0.29) is 11.8 Å². The molecule has 1 unspecified atom stereocenters. The Morgan fingerprint density at radius 1 is 1.23 bits per heavy atom. The van der Waals surface area contributed by atoms with Crippen LogP contribution in [0.25, 0.3) is 21.9 Å². The zero-order chi connectivity index (χ0) is 17.9. The molecule has 6 heteroatoms. The first kappa shape index (κ1) is 16.5. The molecule has 0 fully saturated rings. The Kier molecular flexibility index (Phi) is 4.50. The van der Waals surface area contributed by atoms with Crippen molar-refractivity contribution in [3.8, 4) is 10.8 Å². The van der Waals surface area contributed by atoms with Gasteiger partial charge in [0, 0.05) is 23.7 Å². The number of anilines is 1. The number of benzene rings is 2. The van der Waals surface area contributed by atoms with Crippen LogP contribution >= 0.6 is 11.3 Å². The molecule has 0 aliphatic rings. The molecule has 1 atom stereocenters. The van der Waals surface area contributed by atoms with E-state index in [4.69, 9.17) is 0 Å². The number of nitrogens with zero attached hydrogens (tertiary/aromatic N) is 2. The second-order valence-electron chi connectivity index (χ2n) is 6.22. The van der Waals surface area contributed by atoms with Crippen molar-refractivity contribution >= 4 is 34.0 Å². The first-order valence-electron chi connectivity index (χ1n) is 8.43. The number of carbonyl (C=O) groups excluding carboxylic acids is 1. The highest BCUT2D eigenvalue weighted by molar-refractivity contribution is 7.13. The van der Waals surface area contributed by atoms with Crippen molar-refractivity contribution in [3.63, 3.8) is 0 Å². The summed E-state index contributed by atoms with van der Waals surface area (Å²) in [7, 11) is 0. The fourth-order valence-electron chi connectivity index (χ4n) is 2.92. The molecule has 0 aliphatic carbocycles. The third-order valence-electron chi connectivity index (χ3n) is 4.26. The molecule has 1 amide bonds. The van der Waals surface area contributed by atoms with E-state index in [9.17, 15) is 4.79 Å². The number of imidazole rings is 1. The van der Waals surface area contributed by atoms with E-state index >= 15 is 0 Å². The van der Waals surface area contributed by atoms with Crippen LogP contribution < -0.4 is 5.32 Å². The third-order valence-corrected chi connectivity index (χ3v) is 5.04. The molecule has 2 N–H and O–H groups in total. The predicted molar refractivity (Wildman–Crippen MR) is 105 cm³/mol. The van der Waals surface area contributed by atoms with E-state index < -0.39 is 0 Å². The minimum Gasteiger partial charge on any atom is -0.336 e. The topological polar surface area (TPSA) is 70.7 Å². The van der Waals surface area contributed by atoms with Gasteiger partial charge in [-0.05, 0) is 29.7 Å². The average molecular weight is 362 g/mol. The van der Waals surface area contributed by atoms with Crippen molar-refractivity contribution in [2.24, 2.45) is 0 Å². The quantitative estimate of drug-likeness (QED) is 0.535. The molecule has 130 valence electrons. The highest BCUT2D eigenvalue weighted by atomic mass is 32.1. The van der Waals surface area contributed by atoms with Crippen molar-refractivity contribution in [2.45, 2.75) is 19.3 Å². The SMILES string of the molecule is CC(CC(=O)Nc1ccc2nc(-c3nccs3)[nH]c2c1)c1ccccc1. The van der Waals surface area contributed by atoms with Gasteiger partial charge in [-0.2, -0.15) is 0 Å². The van der Waals surface area contributed by atoms with Crippen LogP contribution in [0.4, 0.5) is 5.69 Å². The van der Waals surface area contributed by atoms with Crippen LogP contribution in [-0.2, 0) is 4.79 Å². The molecule has 0 saturated heterocycles. The molecule has 0 saturated carbocycles. The molecule has 4 aromatic rings. The summed E-state index contributed by atoms with van der Waals surface area (Å²) >= 11 is 1.54. The molecule has 0 bridgehead atoms. The molecular weight excluding hydrogens is 344 g/mol. The highest BCUT2D eigenvalue weighted by Gasteiger charge is 2.12. The van der Waals surface area contributed by atoms with Crippen LogP contribution in [0.2, 0.25) is 0 Å². The number of amides is 1. The number of thiazole rings is 1. The molecule has 5 nitrogen and oxygen atoms in total. The maximum Gasteiger partial charge on any atom is 0.224 e. The van der Waals surface area contributed by atoms with Crippen LogP contribution in [0.1, 0.15) is 24.8 Å². The summed E-state index contributed by atoms with van der Waals surface area (Å²) in [6.07, 6.45) is 2.20. The van der Waals surface area contributed by atoms with Gasteiger partial charge < -0.3 is 10.3 Å². The number of aromatic nitrogens is 3. The van der Waals surface area contributed by atoms with Crippen LogP contribution in [0.15, 0.2) is 60.1 Å². The maximum absolute atomic E-state index is 12.4. The number of rotatable bonds is 5. The van der Waals surface area contributed by atoms with Crippen LogP contribution in [-0.4, -0.2) is 20.9 Å². The average Bonchev–Trinajstić information content (AvgIpc) is 3.31. The number of hydrogen-bond acceptors (Lipinski definition) is 4. The van der Waals surface area contributed by atoms with E-state index in [1.54, 1.807) is 6.20 Å². The largest absolute Gasteiger partial charge is 0.336 e. The van der Waals surface area contributed by atoms with Crippen LogP contribution in [0, 0.1) is 0 Å². The van der Waals surface area contributed by atoms with Crippen molar-refractivity contribution in [1.82, 2.24) is 15.0 Å². The number of hydrogen-bond donors (Lipinski definition) is 2. The summed E-state index contributed by atoms with van der Waals surface area (Å²) in [5.74, 6) is 0.917. The molecule has 2 aromatic carbocycles. The van der Waals surface area contributed by atoms with E-state index in [0.29, 0.717) is 6.42 Å². The van der Waals surface area contributed by atoms with Gasteiger partial charge in [0.2, 0.25) is 5.91 Å². The van der Waals surface area contributed by atoms with Gasteiger partial charge in [0.05, 0.1) is 11.0 Å². The van der Waals surface area contributed by atoms with Crippen LogP contribution in [0.5, 0.6) is 0 Å². The lowest BCUT2D eigenvalue weighted by Crippen LogP contribution is -2.14. The first-order chi connectivity index (χ1) is 12.7. The minimum absolute atomic E-state index is 0.000338. The summed E-state index contributed by atoms with van der Waals surface area (Å²) in [4.78, 5) is 24.5. The van der Waals surface area contributed by atoms with Crippen LogP contribution in [0.3, 0.4) is 0 Å². The summed E-state index contributed by atoms with van der Waals surface area (Å²) in [5.41, 5.74) is 3.66. The second kappa shape index (κ2) is 7.09. The Bertz CT molecular complexity index is 1020. The highest BCUT2D eigenvalue weighted by Crippen LogP contribution is 2.25. The molecule has 0 spiro atoms. The van der Waals surface area contributed by atoms with Gasteiger partial charge in [-0.1, -0.05) is 37.3 Å². The standard InChI is InChI=1S/C20H18N4OS/c1-13(14-5-3-2-4-6-14)11-18(25)22-15-7-8-16-17(12-15)24-19(23-16)20-21-9-10-26-20/h2-10,12-13H,11H2,1H3,(H,22,25)(H,23,24). The van der Waals surface area contributed by atoms with E-state index in [1.165, 1.54) is 16.9 Å². The second-order valence-corrected chi connectivity index (χ2v) is 7.11. The zero-order valence-corrected chi connectivity index (χ0v) is 15.1. The lowest BCUT2D eigenvalue weighted by Gasteiger charge is -2.12. The smallest absolute Gasteiger partial charge is 0.224 e. The van der Waals surface area contributed by atoms with E-state index in [0.717, 1.165) is 27.6 Å². The van der Waals surface area contributed by atoms with Gasteiger partial charge in [-0.3, -0.25) is 4.79 Å².